The van der Waals surface area contributed by atoms with Crippen molar-refractivity contribution in [2.45, 2.75) is 51.6 Å². The molecule has 0 aliphatic heterocycles. The minimum atomic E-state index is -0.954. The fourth-order valence-corrected chi connectivity index (χ4v) is 3.83. The van der Waals surface area contributed by atoms with Crippen molar-refractivity contribution in [2.24, 2.45) is 7.05 Å². The maximum atomic E-state index is 12.3. The minimum absolute atomic E-state index is 0.0286. The summed E-state index contributed by atoms with van der Waals surface area (Å²) in [6.45, 7) is 4.27. The number of nitrogens with one attached hydrogen (secondary N) is 1. The summed E-state index contributed by atoms with van der Waals surface area (Å²) < 4.78 is 1.85. The van der Waals surface area contributed by atoms with Gasteiger partial charge in [-0.15, -0.1) is 0 Å². The highest BCUT2D eigenvalue weighted by Gasteiger charge is 2.34. The Morgan fingerprint density at radius 3 is 2.84 bits per heavy atom. The fraction of sp³-hybridized carbons (Fsp3) is 0.500. The first-order valence-corrected chi connectivity index (χ1v) is 8.97. The van der Waals surface area contributed by atoms with Crippen LogP contribution in [0.1, 0.15) is 47.3 Å². The first-order valence-electron chi connectivity index (χ1n) is 8.97. The van der Waals surface area contributed by atoms with E-state index in [1.54, 1.807) is 0 Å². The lowest BCUT2D eigenvalue weighted by Gasteiger charge is -2.34. The van der Waals surface area contributed by atoms with Crippen LogP contribution in [0.4, 0.5) is 0 Å². The normalized spacial score (nSPS) is 19.5. The van der Waals surface area contributed by atoms with Crippen LogP contribution in [0.15, 0.2) is 24.3 Å². The first-order chi connectivity index (χ1) is 11.9. The Bertz CT molecular complexity index is 781. The highest BCUT2D eigenvalue weighted by molar-refractivity contribution is 5.76. The summed E-state index contributed by atoms with van der Waals surface area (Å²) in [6.07, 6.45) is 3.70. The van der Waals surface area contributed by atoms with Gasteiger partial charge in [-0.2, -0.15) is 5.10 Å². The van der Waals surface area contributed by atoms with Crippen LogP contribution in [-0.2, 0) is 30.3 Å². The molecule has 25 heavy (non-hydrogen) atoms. The summed E-state index contributed by atoms with van der Waals surface area (Å²) in [5.74, 6) is -0.0286. The largest absolute Gasteiger partial charge is 0.383 e. The van der Waals surface area contributed by atoms with Crippen molar-refractivity contribution in [3.8, 4) is 0 Å². The molecule has 5 heteroatoms. The predicted molar refractivity (Wildman–Crippen MR) is 97.3 cm³/mol. The van der Waals surface area contributed by atoms with E-state index < -0.39 is 5.60 Å². The number of hydrogen-bond acceptors (Lipinski definition) is 3. The summed E-state index contributed by atoms with van der Waals surface area (Å²) >= 11 is 0. The predicted octanol–water partition coefficient (Wildman–Crippen LogP) is 2.31. The average molecular weight is 341 g/mol. The zero-order valence-corrected chi connectivity index (χ0v) is 15.3. The number of hydrogen-bond donors (Lipinski definition) is 2. The van der Waals surface area contributed by atoms with Gasteiger partial charge in [0.15, 0.2) is 0 Å². The number of fused-ring (bicyclic) bond motifs is 1. The van der Waals surface area contributed by atoms with Gasteiger partial charge in [-0.05, 0) is 56.2 Å². The van der Waals surface area contributed by atoms with Crippen LogP contribution < -0.4 is 5.32 Å². The van der Waals surface area contributed by atoms with E-state index in [2.05, 4.69) is 16.5 Å². The third kappa shape index (κ3) is 3.61. The number of aryl methyl sites for hydroxylation is 3. The molecule has 1 aliphatic carbocycles. The van der Waals surface area contributed by atoms with E-state index in [0.29, 0.717) is 19.3 Å². The Balaban J connectivity index is 1.59. The van der Waals surface area contributed by atoms with Gasteiger partial charge >= 0.3 is 0 Å². The van der Waals surface area contributed by atoms with Crippen molar-refractivity contribution < 1.29 is 9.90 Å². The van der Waals surface area contributed by atoms with Crippen LogP contribution in [0.5, 0.6) is 0 Å². The van der Waals surface area contributed by atoms with Crippen LogP contribution in [-0.4, -0.2) is 27.3 Å². The number of rotatable bonds is 5. The van der Waals surface area contributed by atoms with E-state index in [-0.39, 0.29) is 12.5 Å². The molecule has 0 saturated heterocycles. The molecule has 0 spiro atoms. The van der Waals surface area contributed by atoms with E-state index in [9.17, 15) is 9.90 Å². The fourth-order valence-electron chi connectivity index (χ4n) is 3.83. The maximum Gasteiger partial charge on any atom is 0.220 e. The summed E-state index contributed by atoms with van der Waals surface area (Å²) in [7, 11) is 1.92. The van der Waals surface area contributed by atoms with Gasteiger partial charge in [0, 0.05) is 19.2 Å². The summed E-state index contributed by atoms with van der Waals surface area (Å²) in [4.78, 5) is 12.3. The van der Waals surface area contributed by atoms with E-state index in [1.165, 1.54) is 5.56 Å². The van der Waals surface area contributed by atoms with Gasteiger partial charge in [0.1, 0.15) is 5.60 Å². The van der Waals surface area contributed by atoms with Crippen molar-refractivity contribution in [3.05, 3.63) is 52.3 Å². The van der Waals surface area contributed by atoms with Crippen molar-refractivity contribution >= 4 is 5.91 Å². The number of carbonyl (C=O) groups is 1. The van der Waals surface area contributed by atoms with Gasteiger partial charge in [-0.3, -0.25) is 9.48 Å². The number of nitrogens with zero attached hydrogens (tertiary/aromatic N) is 2. The summed E-state index contributed by atoms with van der Waals surface area (Å²) in [5, 5.41) is 18.3. The van der Waals surface area contributed by atoms with Gasteiger partial charge in [0.2, 0.25) is 5.91 Å². The van der Waals surface area contributed by atoms with E-state index >= 15 is 0 Å². The molecule has 1 aliphatic rings. The first kappa shape index (κ1) is 17.7. The molecule has 2 N–H and O–H groups in total. The van der Waals surface area contributed by atoms with Crippen molar-refractivity contribution in [3.63, 3.8) is 0 Å². The Morgan fingerprint density at radius 1 is 1.36 bits per heavy atom. The second kappa shape index (κ2) is 7.00. The quantitative estimate of drug-likeness (QED) is 0.877. The molecule has 2 aromatic rings. The molecular weight excluding hydrogens is 314 g/mol. The third-order valence-corrected chi connectivity index (χ3v) is 5.39. The maximum absolute atomic E-state index is 12.3. The highest BCUT2D eigenvalue weighted by Crippen LogP contribution is 2.34. The highest BCUT2D eigenvalue weighted by atomic mass is 16.3. The molecule has 0 bridgehead atoms. The third-order valence-electron chi connectivity index (χ3n) is 5.39. The Hall–Kier alpha value is -2.14. The standard InChI is InChI=1S/C20H27N3O2/c1-14-17(15(2)23(3)22-14)10-11-19(24)21-13-20(25)12-6-8-16-7-4-5-9-18(16)20/h4-5,7,9,25H,6,8,10-13H2,1-3H3,(H,21,24)/t20-/m1/s1. The molecule has 0 unspecified atom stereocenters. The smallest absolute Gasteiger partial charge is 0.220 e. The molecule has 1 amide bonds. The van der Waals surface area contributed by atoms with Gasteiger partial charge < -0.3 is 10.4 Å². The Morgan fingerprint density at radius 2 is 2.12 bits per heavy atom. The van der Waals surface area contributed by atoms with Crippen LogP contribution in [0.25, 0.3) is 0 Å². The summed E-state index contributed by atoms with van der Waals surface area (Å²) in [5.41, 5.74) is 4.41. The molecule has 0 saturated carbocycles. The van der Waals surface area contributed by atoms with E-state index in [0.717, 1.165) is 35.4 Å². The molecule has 0 radical (unpaired) electrons. The Labute approximate surface area is 149 Å². The van der Waals surface area contributed by atoms with Crippen LogP contribution >= 0.6 is 0 Å². The molecule has 5 nitrogen and oxygen atoms in total. The second-order valence-corrected chi connectivity index (χ2v) is 7.09. The second-order valence-electron chi connectivity index (χ2n) is 7.09. The number of aromatic nitrogens is 2. The molecular formula is C20H27N3O2. The topological polar surface area (TPSA) is 67.2 Å². The lowest BCUT2D eigenvalue weighted by molar-refractivity contribution is -0.122. The van der Waals surface area contributed by atoms with Crippen molar-refractivity contribution in [2.75, 3.05) is 6.54 Å². The molecule has 1 aromatic heterocycles. The Kier molecular flexibility index (Phi) is 4.95. The molecule has 3 rings (SSSR count). The van der Waals surface area contributed by atoms with Crippen LogP contribution in [0.3, 0.4) is 0 Å². The van der Waals surface area contributed by atoms with Crippen molar-refractivity contribution in [1.82, 2.24) is 15.1 Å². The molecule has 1 atom stereocenters. The summed E-state index contributed by atoms with van der Waals surface area (Å²) in [6, 6.07) is 7.99. The monoisotopic (exact) mass is 341 g/mol. The molecule has 134 valence electrons. The number of carbonyl (C=O) groups excluding carboxylic acids is 1. The SMILES string of the molecule is Cc1nn(C)c(C)c1CCC(=O)NC[C@]1(O)CCCc2ccccc21. The van der Waals surface area contributed by atoms with Gasteiger partial charge in [-0.1, -0.05) is 24.3 Å². The van der Waals surface area contributed by atoms with Crippen LogP contribution in [0, 0.1) is 13.8 Å². The van der Waals surface area contributed by atoms with E-state index in [1.807, 2.05) is 43.8 Å². The van der Waals surface area contributed by atoms with Crippen molar-refractivity contribution in [1.29, 1.82) is 0 Å². The number of amides is 1. The number of benzene rings is 1. The van der Waals surface area contributed by atoms with Gasteiger partial charge in [0.05, 0.1) is 12.2 Å². The minimum Gasteiger partial charge on any atom is -0.383 e. The zero-order valence-electron chi connectivity index (χ0n) is 15.3. The average Bonchev–Trinajstić information content (AvgIpc) is 2.84. The molecule has 0 fully saturated rings. The van der Waals surface area contributed by atoms with E-state index in [4.69, 9.17) is 0 Å². The molecule has 1 heterocycles. The van der Waals surface area contributed by atoms with Gasteiger partial charge in [0.25, 0.3) is 0 Å². The number of aliphatic hydroxyl groups is 1. The lowest BCUT2D eigenvalue weighted by atomic mass is 9.79. The van der Waals surface area contributed by atoms with Crippen LogP contribution in [0.2, 0.25) is 0 Å². The zero-order chi connectivity index (χ0) is 18.0. The lowest BCUT2D eigenvalue weighted by Crippen LogP contribution is -2.43. The molecule has 1 aromatic carbocycles. The van der Waals surface area contributed by atoms with Gasteiger partial charge in [-0.25, -0.2) is 0 Å².